The number of sulfonamides is 1. The molecule has 2 aromatic rings. The first-order valence-electron chi connectivity index (χ1n) is 11.1. The monoisotopic (exact) mass is 477 g/mol. The number of benzene rings is 1. The molecule has 33 heavy (non-hydrogen) atoms. The predicted molar refractivity (Wildman–Crippen MR) is 120 cm³/mol. The quantitative estimate of drug-likeness (QED) is 0.658. The maximum absolute atomic E-state index is 13.9. The van der Waals surface area contributed by atoms with Crippen molar-refractivity contribution in [3.05, 3.63) is 47.1 Å². The number of piperidine rings is 1. The highest BCUT2D eigenvalue weighted by atomic mass is 32.2. The van der Waals surface area contributed by atoms with E-state index in [0.29, 0.717) is 38.1 Å². The molecular formula is C23H28FN3O5S. The average Bonchev–Trinajstić information content (AvgIpc) is 3.47. The Kier molecular flexibility index (Phi) is 7.26. The molecule has 0 unspecified atom stereocenters. The highest BCUT2D eigenvalue weighted by molar-refractivity contribution is 7.89. The zero-order valence-electron chi connectivity index (χ0n) is 18.5. The van der Waals surface area contributed by atoms with Crippen LogP contribution >= 0.6 is 0 Å². The van der Waals surface area contributed by atoms with Crippen molar-refractivity contribution in [2.45, 2.75) is 43.6 Å². The third-order valence-electron chi connectivity index (χ3n) is 6.03. The number of hydrogen-bond acceptors (Lipinski definition) is 6. The molecule has 0 aliphatic carbocycles. The van der Waals surface area contributed by atoms with Gasteiger partial charge in [0.2, 0.25) is 15.9 Å². The lowest BCUT2D eigenvalue weighted by molar-refractivity contribution is -0.126. The largest absolute Gasteiger partial charge is 0.376 e. The Morgan fingerprint density at radius 2 is 2.09 bits per heavy atom. The van der Waals surface area contributed by atoms with E-state index in [-0.39, 0.29) is 34.9 Å². The summed E-state index contributed by atoms with van der Waals surface area (Å²) < 4.78 is 53.0. The summed E-state index contributed by atoms with van der Waals surface area (Å²) in [6.45, 7) is 3.09. The molecular weight excluding hydrogens is 449 g/mol. The van der Waals surface area contributed by atoms with Gasteiger partial charge in [-0.25, -0.2) is 12.8 Å². The summed E-state index contributed by atoms with van der Waals surface area (Å²) in [4.78, 5) is 12.6. The summed E-state index contributed by atoms with van der Waals surface area (Å²) in [5, 5.41) is 6.73. The summed E-state index contributed by atoms with van der Waals surface area (Å²) in [5.74, 6) is -0.998. The molecule has 4 rings (SSSR count). The summed E-state index contributed by atoms with van der Waals surface area (Å²) in [6, 6.07) is 6.16. The normalized spacial score (nSPS) is 22.1. The average molecular weight is 478 g/mol. The lowest BCUT2D eigenvalue weighted by Gasteiger charge is -2.31. The third kappa shape index (κ3) is 5.34. The van der Waals surface area contributed by atoms with Crippen molar-refractivity contribution in [2.75, 3.05) is 26.2 Å². The summed E-state index contributed by atoms with van der Waals surface area (Å²) in [7, 11) is -3.96. The van der Waals surface area contributed by atoms with Crippen LogP contribution in [0.25, 0.3) is 12.2 Å². The van der Waals surface area contributed by atoms with E-state index in [9.17, 15) is 17.6 Å². The van der Waals surface area contributed by atoms with Crippen LogP contribution in [-0.4, -0.2) is 56.1 Å². The molecule has 2 aliphatic rings. The summed E-state index contributed by atoms with van der Waals surface area (Å²) in [5.41, 5.74) is 0.518. The molecule has 1 N–H and O–H groups in total. The van der Waals surface area contributed by atoms with Gasteiger partial charge in [-0.2, -0.15) is 4.31 Å². The van der Waals surface area contributed by atoms with E-state index in [4.69, 9.17) is 9.26 Å². The Morgan fingerprint density at radius 3 is 2.85 bits per heavy atom. The van der Waals surface area contributed by atoms with Gasteiger partial charge in [-0.3, -0.25) is 4.79 Å². The van der Waals surface area contributed by atoms with Gasteiger partial charge in [0.1, 0.15) is 11.5 Å². The van der Waals surface area contributed by atoms with Gasteiger partial charge in [0.05, 0.1) is 12.0 Å². The van der Waals surface area contributed by atoms with Crippen molar-refractivity contribution < 1.29 is 26.9 Å². The Morgan fingerprint density at radius 1 is 1.27 bits per heavy atom. The van der Waals surface area contributed by atoms with Gasteiger partial charge in [0, 0.05) is 31.8 Å². The lowest BCUT2D eigenvalue weighted by Crippen LogP contribution is -2.46. The SMILES string of the molecule is Cc1noc(/C=C/c2ccccc2F)c1S(=O)(=O)N1CCC[C@@H](C(=O)NC[C@H]2CCCO2)C1. The molecule has 0 spiro atoms. The van der Waals surface area contributed by atoms with Crippen molar-refractivity contribution in [3.8, 4) is 0 Å². The molecule has 10 heteroatoms. The molecule has 1 aromatic carbocycles. The molecule has 178 valence electrons. The molecule has 0 radical (unpaired) electrons. The maximum atomic E-state index is 13.9. The van der Waals surface area contributed by atoms with Crippen LogP contribution in [0.2, 0.25) is 0 Å². The molecule has 1 amide bonds. The fourth-order valence-electron chi connectivity index (χ4n) is 4.24. The first-order valence-corrected chi connectivity index (χ1v) is 12.6. The highest BCUT2D eigenvalue weighted by Crippen LogP contribution is 2.29. The standard InChI is InChI=1S/C23H28FN3O5S/c1-16-22(21(32-26-16)11-10-17-6-2-3-9-20(17)24)33(29,30)27-12-4-7-18(15-27)23(28)25-14-19-8-5-13-31-19/h2-3,6,9-11,18-19H,4-5,7-8,12-15H2,1H3,(H,25,28)/b11-10+/t18-,19-/m1/s1. The number of ether oxygens (including phenoxy) is 1. The summed E-state index contributed by atoms with van der Waals surface area (Å²) >= 11 is 0. The zero-order chi connectivity index (χ0) is 23.4. The molecule has 0 bridgehead atoms. The van der Waals surface area contributed by atoms with Crippen LogP contribution in [0.1, 0.15) is 42.7 Å². The van der Waals surface area contributed by atoms with Crippen LogP contribution in [0.5, 0.6) is 0 Å². The van der Waals surface area contributed by atoms with Crippen LogP contribution < -0.4 is 5.32 Å². The van der Waals surface area contributed by atoms with Gasteiger partial charge in [-0.05, 0) is 50.8 Å². The molecule has 2 fully saturated rings. The number of carbonyl (C=O) groups is 1. The minimum Gasteiger partial charge on any atom is -0.376 e. The van der Waals surface area contributed by atoms with Crippen LogP contribution in [0.3, 0.4) is 0 Å². The van der Waals surface area contributed by atoms with Crippen LogP contribution in [-0.2, 0) is 19.6 Å². The van der Waals surface area contributed by atoms with Crippen LogP contribution in [0.4, 0.5) is 4.39 Å². The van der Waals surface area contributed by atoms with E-state index in [1.807, 2.05) is 0 Å². The van der Waals surface area contributed by atoms with Crippen molar-refractivity contribution in [1.82, 2.24) is 14.8 Å². The molecule has 2 atom stereocenters. The second-order valence-corrected chi connectivity index (χ2v) is 10.3. The molecule has 0 saturated carbocycles. The Bertz CT molecular complexity index is 1120. The van der Waals surface area contributed by atoms with E-state index >= 15 is 0 Å². The number of halogens is 1. The number of nitrogens with zero attached hydrogens (tertiary/aromatic N) is 2. The maximum Gasteiger partial charge on any atom is 0.248 e. The van der Waals surface area contributed by atoms with Crippen molar-refractivity contribution in [1.29, 1.82) is 0 Å². The fraction of sp³-hybridized carbons (Fsp3) is 0.478. The predicted octanol–water partition coefficient (Wildman–Crippen LogP) is 2.99. The third-order valence-corrected chi connectivity index (χ3v) is 8.06. The first kappa shape index (κ1) is 23.6. The zero-order valence-corrected chi connectivity index (χ0v) is 19.3. The van der Waals surface area contributed by atoms with Gasteiger partial charge in [-0.15, -0.1) is 0 Å². The van der Waals surface area contributed by atoms with Crippen molar-refractivity contribution in [3.63, 3.8) is 0 Å². The van der Waals surface area contributed by atoms with Gasteiger partial charge in [-0.1, -0.05) is 23.4 Å². The Balaban J connectivity index is 1.49. The highest BCUT2D eigenvalue weighted by Gasteiger charge is 2.37. The van der Waals surface area contributed by atoms with Crippen molar-refractivity contribution in [2.24, 2.45) is 5.92 Å². The number of amides is 1. The molecule has 2 saturated heterocycles. The number of aryl methyl sites for hydroxylation is 1. The number of aromatic nitrogens is 1. The minimum absolute atomic E-state index is 0.0284. The number of rotatable bonds is 7. The van der Waals surface area contributed by atoms with E-state index < -0.39 is 21.8 Å². The van der Waals surface area contributed by atoms with Crippen LogP contribution in [0.15, 0.2) is 33.7 Å². The van der Waals surface area contributed by atoms with Gasteiger partial charge >= 0.3 is 0 Å². The first-order chi connectivity index (χ1) is 15.9. The van der Waals surface area contributed by atoms with Gasteiger partial charge in [0.25, 0.3) is 0 Å². The van der Waals surface area contributed by atoms with Gasteiger partial charge < -0.3 is 14.6 Å². The second-order valence-electron chi connectivity index (χ2n) is 8.40. The lowest BCUT2D eigenvalue weighted by atomic mass is 9.99. The van der Waals surface area contributed by atoms with Crippen LogP contribution in [0, 0.1) is 18.7 Å². The topological polar surface area (TPSA) is 102 Å². The smallest absolute Gasteiger partial charge is 0.248 e. The van der Waals surface area contributed by atoms with Crippen molar-refractivity contribution >= 4 is 28.1 Å². The van der Waals surface area contributed by atoms with Gasteiger partial charge in [0.15, 0.2) is 10.7 Å². The number of nitrogens with one attached hydrogen (secondary N) is 1. The Hall–Kier alpha value is -2.56. The molecule has 3 heterocycles. The molecule has 8 nitrogen and oxygen atoms in total. The number of hydrogen-bond donors (Lipinski definition) is 1. The minimum atomic E-state index is -3.96. The van der Waals surface area contributed by atoms with E-state index in [0.717, 1.165) is 12.8 Å². The fourth-order valence-corrected chi connectivity index (χ4v) is 6.02. The molecule has 1 aromatic heterocycles. The Labute approximate surface area is 192 Å². The number of carbonyl (C=O) groups excluding carboxylic acids is 1. The van der Waals surface area contributed by atoms with E-state index in [1.54, 1.807) is 25.1 Å². The molecule has 2 aliphatic heterocycles. The van der Waals surface area contributed by atoms with E-state index in [1.165, 1.54) is 22.5 Å². The summed E-state index contributed by atoms with van der Waals surface area (Å²) in [6.07, 6.45) is 5.98. The van der Waals surface area contributed by atoms with E-state index in [2.05, 4.69) is 10.5 Å². The second kappa shape index (κ2) is 10.1.